The molecule has 2 aromatic heterocycles. The largest absolute Gasteiger partial charge is 0.497 e. The number of carbonyl (C=O) groups is 1. The Morgan fingerprint density at radius 2 is 1.69 bits per heavy atom. The Bertz CT molecular complexity index is 1010. The minimum absolute atomic E-state index is 0.0368. The van der Waals surface area contributed by atoms with E-state index in [1.165, 1.54) is 0 Å². The van der Waals surface area contributed by atoms with Crippen molar-refractivity contribution in [2.45, 2.75) is 13.8 Å². The number of hydrogen-bond acceptors (Lipinski definition) is 6. The van der Waals surface area contributed by atoms with E-state index in [2.05, 4.69) is 15.0 Å². The molecule has 4 rings (SSSR count). The van der Waals surface area contributed by atoms with Crippen molar-refractivity contribution in [2.75, 3.05) is 38.2 Å². The van der Waals surface area contributed by atoms with Crippen LogP contribution in [0.3, 0.4) is 0 Å². The molecule has 8 nitrogen and oxygen atoms in total. The third kappa shape index (κ3) is 3.91. The number of ether oxygens (including phenoxy) is 1. The zero-order chi connectivity index (χ0) is 20.4. The Kier molecular flexibility index (Phi) is 5.16. The lowest BCUT2D eigenvalue weighted by Gasteiger charge is -2.35. The van der Waals surface area contributed by atoms with E-state index in [4.69, 9.17) is 9.72 Å². The third-order valence-corrected chi connectivity index (χ3v) is 5.06. The summed E-state index contributed by atoms with van der Waals surface area (Å²) in [7, 11) is 1.61. The Hall–Kier alpha value is -3.42. The summed E-state index contributed by atoms with van der Waals surface area (Å²) < 4.78 is 6.96. The topological polar surface area (TPSA) is 76.4 Å². The molecular formula is C21H24N6O2. The first-order valence-electron chi connectivity index (χ1n) is 9.59. The molecule has 0 aliphatic carbocycles. The van der Waals surface area contributed by atoms with Gasteiger partial charge in [-0.1, -0.05) is 0 Å². The number of hydrogen-bond donors (Lipinski definition) is 0. The van der Waals surface area contributed by atoms with Crippen molar-refractivity contribution >= 4 is 11.7 Å². The van der Waals surface area contributed by atoms with Crippen molar-refractivity contribution in [3.8, 4) is 11.6 Å². The van der Waals surface area contributed by atoms with Crippen LogP contribution in [0, 0.1) is 13.8 Å². The van der Waals surface area contributed by atoms with E-state index in [0.717, 1.165) is 23.0 Å². The second-order valence-electron chi connectivity index (χ2n) is 7.08. The van der Waals surface area contributed by atoms with E-state index in [-0.39, 0.29) is 5.91 Å². The number of methoxy groups -OCH3 is 1. The lowest BCUT2D eigenvalue weighted by molar-refractivity contribution is 0.0746. The molecule has 0 unspecified atom stereocenters. The van der Waals surface area contributed by atoms with Gasteiger partial charge >= 0.3 is 0 Å². The van der Waals surface area contributed by atoms with Gasteiger partial charge < -0.3 is 14.5 Å². The number of anilines is 1. The van der Waals surface area contributed by atoms with Crippen molar-refractivity contribution < 1.29 is 9.53 Å². The predicted octanol–water partition coefficient (Wildman–Crippen LogP) is 2.25. The first-order chi connectivity index (χ1) is 14.0. The van der Waals surface area contributed by atoms with Crippen molar-refractivity contribution in [3.05, 3.63) is 59.7 Å². The molecule has 29 heavy (non-hydrogen) atoms. The quantitative estimate of drug-likeness (QED) is 0.678. The maximum absolute atomic E-state index is 12.7. The third-order valence-electron chi connectivity index (χ3n) is 5.06. The highest BCUT2D eigenvalue weighted by Gasteiger charge is 2.23. The second-order valence-corrected chi connectivity index (χ2v) is 7.08. The smallest absolute Gasteiger partial charge is 0.253 e. The van der Waals surface area contributed by atoms with Gasteiger partial charge in [0.15, 0.2) is 5.82 Å². The molecule has 1 aromatic carbocycles. The van der Waals surface area contributed by atoms with Crippen LogP contribution in [0.15, 0.2) is 42.7 Å². The number of rotatable bonds is 4. The van der Waals surface area contributed by atoms with Gasteiger partial charge in [0.1, 0.15) is 11.6 Å². The van der Waals surface area contributed by atoms with Gasteiger partial charge in [-0.2, -0.15) is 5.10 Å². The summed E-state index contributed by atoms with van der Waals surface area (Å²) in [5.41, 5.74) is 2.63. The number of aryl methyl sites for hydroxylation is 2. The van der Waals surface area contributed by atoms with Gasteiger partial charge in [-0.05, 0) is 44.2 Å². The molecule has 0 atom stereocenters. The summed E-state index contributed by atoms with van der Waals surface area (Å²) in [6, 6.07) is 9.23. The molecule has 1 aliphatic rings. The SMILES string of the molecule is COc1ccc(C(=O)N2CCN(c3cncc(-n4nc(C)cc4C)n3)CC2)cc1. The van der Waals surface area contributed by atoms with Gasteiger partial charge in [-0.25, -0.2) is 9.67 Å². The minimum Gasteiger partial charge on any atom is -0.497 e. The van der Waals surface area contributed by atoms with Crippen LogP contribution in [0.4, 0.5) is 5.82 Å². The molecule has 0 bridgehead atoms. The van der Waals surface area contributed by atoms with Crippen molar-refractivity contribution in [2.24, 2.45) is 0 Å². The van der Waals surface area contributed by atoms with E-state index in [0.29, 0.717) is 37.6 Å². The fraction of sp³-hybridized carbons (Fsp3) is 0.333. The molecule has 150 valence electrons. The van der Waals surface area contributed by atoms with Crippen LogP contribution in [0.2, 0.25) is 0 Å². The van der Waals surface area contributed by atoms with Crippen LogP contribution in [0.5, 0.6) is 5.75 Å². The first-order valence-corrected chi connectivity index (χ1v) is 9.59. The number of carbonyl (C=O) groups excluding carboxylic acids is 1. The Morgan fingerprint density at radius 3 is 2.31 bits per heavy atom. The zero-order valence-corrected chi connectivity index (χ0v) is 16.9. The molecule has 0 N–H and O–H groups in total. The van der Waals surface area contributed by atoms with E-state index >= 15 is 0 Å². The molecule has 8 heteroatoms. The normalized spacial score (nSPS) is 14.2. The van der Waals surface area contributed by atoms with Gasteiger partial charge in [0.05, 0.1) is 25.2 Å². The molecule has 1 aliphatic heterocycles. The standard InChI is InChI=1S/C21H24N6O2/c1-15-12-16(2)27(24-15)20-14-22-13-19(23-20)25-8-10-26(11-9-25)21(28)17-4-6-18(29-3)7-5-17/h4-7,12-14H,8-11H2,1-3H3. The molecule has 0 radical (unpaired) electrons. The minimum atomic E-state index is 0.0368. The Labute approximate surface area is 169 Å². The second kappa shape index (κ2) is 7.90. The van der Waals surface area contributed by atoms with Gasteiger partial charge in [-0.3, -0.25) is 9.78 Å². The van der Waals surface area contributed by atoms with Crippen molar-refractivity contribution in [1.29, 1.82) is 0 Å². The van der Waals surface area contributed by atoms with Crippen molar-refractivity contribution in [3.63, 3.8) is 0 Å². The molecule has 3 aromatic rings. The predicted molar refractivity (Wildman–Crippen MR) is 110 cm³/mol. The molecule has 0 saturated carbocycles. The Morgan fingerprint density at radius 1 is 1.00 bits per heavy atom. The van der Waals surface area contributed by atoms with Crippen LogP contribution in [-0.2, 0) is 0 Å². The molecule has 0 spiro atoms. The summed E-state index contributed by atoms with van der Waals surface area (Å²) in [6.45, 7) is 6.64. The molecule has 1 amide bonds. The maximum Gasteiger partial charge on any atom is 0.253 e. The van der Waals surface area contributed by atoms with E-state index in [1.807, 2.05) is 36.9 Å². The lowest BCUT2D eigenvalue weighted by atomic mass is 10.1. The number of aromatic nitrogens is 4. The number of benzene rings is 1. The van der Waals surface area contributed by atoms with Gasteiger partial charge in [0.25, 0.3) is 5.91 Å². The van der Waals surface area contributed by atoms with E-state index in [1.54, 1.807) is 36.3 Å². The fourth-order valence-electron chi connectivity index (χ4n) is 3.52. The van der Waals surface area contributed by atoms with Gasteiger partial charge in [0.2, 0.25) is 0 Å². The number of amides is 1. The molecular weight excluding hydrogens is 368 g/mol. The van der Waals surface area contributed by atoms with Gasteiger partial charge in [0, 0.05) is 37.4 Å². The van der Waals surface area contributed by atoms with E-state index in [9.17, 15) is 4.79 Å². The number of nitrogens with zero attached hydrogens (tertiary/aromatic N) is 6. The highest BCUT2D eigenvalue weighted by atomic mass is 16.5. The Balaban J connectivity index is 1.43. The summed E-state index contributed by atoms with van der Waals surface area (Å²) in [5.74, 6) is 2.28. The summed E-state index contributed by atoms with van der Waals surface area (Å²) in [6.07, 6.45) is 3.47. The van der Waals surface area contributed by atoms with Crippen LogP contribution >= 0.6 is 0 Å². The monoisotopic (exact) mass is 392 g/mol. The summed E-state index contributed by atoms with van der Waals surface area (Å²) in [4.78, 5) is 25.9. The molecule has 1 saturated heterocycles. The fourth-order valence-corrected chi connectivity index (χ4v) is 3.52. The average molecular weight is 392 g/mol. The maximum atomic E-state index is 12.7. The number of piperazine rings is 1. The average Bonchev–Trinajstić information content (AvgIpc) is 3.11. The molecule has 1 fully saturated rings. The van der Waals surface area contributed by atoms with E-state index < -0.39 is 0 Å². The molecule has 3 heterocycles. The van der Waals surface area contributed by atoms with Crippen LogP contribution in [0.1, 0.15) is 21.7 Å². The summed E-state index contributed by atoms with van der Waals surface area (Å²) >= 11 is 0. The van der Waals surface area contributed by atoms with Crippen molar-refractivity contribution in [1.82, 2.24) is 24.6 Å². The van der Waals surface area contributed by atoms with Crippen LogP contribution in [0.25, 0.3) is 5.82 Å². The highest BCUT2D eigenvalue weighted by Crippen LogP contribution is 2.18. The van der Waals surface area contributed by atoms with Crippen LogP contribution < -0.4 is 9.64 Å². The lowest BCUT2D eigenvalue weighted by Crippen LogP contribution is -2.49. The van der Waals surface area contributed by atoms with Gasteiger partial charge in [-0.15, -0.1) is 0 Å². The van der Waals surface area contributed by atoms with Crippen LogP contribution in [-0.4, -0.2) is 63.8 Å². The first kappa shape index (κ1) is 18.9. The summed E-state index contributed by atoms with van der Waals surface area (Å²) in [5, 5.41) is 4.48. The highest BCUT2D eigenvalue weighted by molar-refractivity contribution is 5.94. The zero-order valence-electron chi connectivity index (χ0n) is 16.9.